The first kappa shape index (κ1) is 15.7. The molecule has 0 saturated heterocycles. The maximum Gasteiger partial charge on any atom is 0.0331 e. The van der Waals surface area contributed by atoms with Gasteiger partial charge in [-0.3, -0.25) is 4.90 Å². The van der Waals surface area contributed by atoms with Crippen LogP contribution in [0.1, 0.15) is 24.3 Å². The van der Waals surface area contributed by atoms with Crippen molar-refractivity contribution in [1.29, 1.82) is 0 Å². The van der Waals surface area contributed by atoms with Crippen LogP contribution in [0.15, 0.2) is 34.3 Å². The molecule has 0 unspecified atom stereocenters. The van der Waals surface area contributed by atoms with Crippen molar-refractivity contribution in [3.63, 3.8) is 0 Å². The Balaban J connectivity index is 1.64. The first-order chi connectivity index (χ1) is 9.75. The van der Waals surface area contributed by atoms with Crippen molar-refractivity contribution < 1.29 is 0 Å². The van der Waals surface area contributed by atoms with Gasteiger partial charge < -0.3 is 5.32 Å². The fraction of sp³-hybridized carbons (Fsp3) is 0.500. The molecule has 0 saturated carbocycles. The van der Waals surface area contributed by atoms with Gasteiger partial charge >= 0.3 is 0 Å². The normalized spacial score (nSPS) is 11.6. The van der Waals surface area contributed by atoms with Gasteiger partial charge in [0, 0.05) is 30.6 Å². The predicted octanol–water partition coefficient (Wildman–Crippen LogP) is 3.85. The Morgan fingerprint density at radius 3 is 2.75 bits per heavy atom. The number of nitrogens with one attached hydrogen (secondary N) is 1. The van der Waals surface area contributed by atoms with Crippen molar-refractivity contribution in [2.75, 3.05) is 19.6 Å². The lowest BCUT2D eigenvalue weighted by molar-refractivity contribution is 0.215. The molecule has 2 aromatic rings. The van der Waals surface area contributed by atoms with Crippen LogP contribution in [0.4, 0.5) is 0 Å². The highest BCUT2D eigenvalue weighted by Crippen LogP contribution is 2.13. The summed E-state index contributed by atoms with van der Waals surface area (Å²) in [6, 6.07) is 7.17. The number of nitrogens with zero attached hydrogens (tertiary/aromatic N) is 1. The summed E-state index contributed by atoms with van der Waals surface area (Å²) in [4.78, 5) is 3.99. The smallest absolute Gasteiger partial charge is 0.0331 e. The van der Waals surface area contributed by atoms with Crippen LogP contribution in [0.25, 0.3) is 0 Å². The zero-order valence-electron chi connectivity index (χ0n) is 12.3. The summed E-state index contributed by atoms with van der Waals surface area (Å²) >= 11 is 3.63. The highest BCUT2D eigenvalue weighted by Gasteiger charge is 2.10. The van der Waals surface area contributed by atoms with Gasteiger partial charge in [-0.15, -0.1) is 11.3 Å². The Morgan fingerprint density at radius 1 is 1.20 bits per heavy atom. The van der Waals surface area contributed by atoms with E-state index in [-0.39, 0.29) is 0 Å². The van der Waals surface area contributed by atoms with Gasteiger partial charge in [0.1, 0.15) is 0 Å². The van der Waals surface area contributed by atoms with Crippen LogP contribution in [-0.2, 0) is 13.0 Å². The van der Waals surface area contributed by atoms with Gasteiger partial charge in [0.25, 0.3) is 0 Å². The fourth-order valence-electron chi connectivity index (χ4n) is 2.14. The van der Waals surface area contributed by atoms with E-state index in [1.807, 2.05) is 11.3 Å². The van der Waals surface area contributed by atoms with Crippen molar-refractivity contribution in [2.45, 2.75) is 32.9 Å². The van der Waals surface area contributed by atoms with Crippen LogP contribution in [0.3, 0.4) is 0 Å². The van der Waals surface area contributed by atoms with Gasteiger partial charge in [-0.05, 0) is 60.6 Å². The van der Waals surface area contributed by atoms with Gasteiger partial charge in [0.15, 0.2) is 0 Å². The Hall–Kier alpha value is -0.680. The Morgan fingerprint density at radius 2 is 2.10 bits per heavy atom. The van der Waals surface area contributed by atoms with Crippen LogP contribution in [0, 0.1) is 0 Å². The van der Waals surface area contributed by atoms with E-state index in [1.165, 1.54) is 10.4 Å². The Labute approximate surface area is 130 Å². The van der Waals surface area contributed by atoms with Crippen molar-refractivity contribution >= 4 is 22.7 Å². The van der Waals surface area contributed by atoms with E-state index in [4.69, 9.17) is 0 Å². The lowest BCUT2D eigenvalue weighted by atomic mass is 10.2. The summed E-state index contributed by atoms with van der Waals surface area (Å²) in [5.41, 5.74) is 1.45. The number of hydrogen-bond acceptors (Lipinski definition) is 4. The van der Waals surface area contributed by atoms with E-state index < -0.39 is 0 Å². The molecule has 2 nitrogen and oxygen atoms in total. The topological polar surface area (TPSA) is 15.3 Å². The molecular formula is C16H24N2S2. The molecule has 0 amide bonds. The lowest BCUT2D eigenvalue weighted by Gasteiger charge is -2.26. The SMILES string of the molecule is CC(C)N(CCNCCc1ccsc1)Cc1cccs1. The second-order valence-electron chi connectivity index (χ2n) is 5.28. The summed E-state index contributed by atoms with van der Waals surface area (Å²) in [7, 11) is 0. The fourth-order valence-corrected chi connectivity index (χ4v) is 3.57. The molecule has 0 atom stereocenters. The third-order valence-electron chi connectivity index (χ3n) is 3.42. The molecule has 0 radical (unpaired) electrons. The third kappa shape index (κ3) is 5.37. The summed E-state index contributed by atoms with van der Waals surface area (Å²) in [6.07, 6.45) is 1.14. The van der Waals surface area contributed by atoms with Crippen molar-refractivity contribution in [1.82, 2.24) is 10.2 Å². The molecule has 4 heteroatoms. The number of thiophene rings is 2. The van der Waals surface area contributed by atoms with E-state index in [0.29, 0.717) is 6.04 Å². The van der Waals surface area contributed by atoms with Crippen LogP contribution in [0.2, 0.25) is 0 Å². The highest BCUT2D eigenvalue weighted by molar-refractivity contribution is 7.09. The summed E-state index contributed by atoms with van der Waals surface area (Å²) in [5, 5.41) is 10.1. The molecule has 20 heavy (non-hydrogen) atoms. The molecule has 2 rings (SSSR count). The van der Waals surface area contributed by atoms with Crippen LogP contribution < -0.4 is 5.32 Å². The minimum Gasteiger partial charge on any atom is -0.315 e. The second-order valence-corrected chi connectivity index (χ2v) is 7.09. The lowest BCUT2D eigenvalue weighted by Crippen LogP contribution is -2.36. The Bertz CT molecular complexity index is 449. The van der Waals surface area contributed by atoms with Crippen molar-refractivity contribution in [2.24, 2.45) is 0 Å². The molecule has 110 valence electrons. The minimum atomic E-state index is 0.593. The monoisotopic (exact) mass is 308 g/mol. The highest BCUT2D eigenvalue weighted by atomic mass is 32.1. The number of hydrogen-bond donors (Lipinski definition) is 1. The van der Waals surface area contributed by atoms with Gasteiger partial charge in [-0.1, -0.05) is 6.07 Å². The van der Waals surface area contributed by atoms with Gasteiger partial charge in [-0.2, -0.15) is 11.3 Å². The molecule has 0 fully saturated rings. The van der Waals surface area contributed by atoms with Gasteiger partial charge in [0.05, 0.1) is 0 Å². The molecule has 0 aliphatic carbocycles. The maximum atomic E-state index is 3.55. The van der Waals surface area contributed by atoms with Crippen LogP contribution in [0.5, 0.6) is 0 Å². The van der Waals surface area contributed by atoms with E-state index in [0.717, 1.165) is 32.6 Å². The summed E-state index contributed by atoms with van der Waals surface area (Å²) in [6.45, 7) is 8.87. The molecule has 0 aliphatic heterocycles. The molecular weight excluding hydrogens is 284 g/mol. The average Bonchev–Trinajstić information content (AvgIpc) is 3.09. The largest absolute Gasteiger partial charge is 0.315 e. The first-order valence-electron chi connectivity index (χ1n) is 7.24. The third-order valence-corrected chi connectivity index (χ3v) is 5.01. The standard InChI is InChI=1S/C16H24N2S2/c1-14(2)18(12-16-4-3-10-20-16)9-8-17-7-5-15-6-11-19-13-15/h3-4,6,10-11,13-14,17H,5,7-9,12H2,1-2H3. The summed E-state index contributed by atoms with van der Waals surface area (Å²) < 4.78 is 0. The second kappa shape index (κ2) is 8.57. The molecule has 0 aliphatic rings. The summed E-state index contributed by atoms with van der Waals surface area (Å²) in [5.74, 6) is 0. The van der Waals surface area contributed by atoms with Gasteiger partial charge in [0.2, 0.25) is 0 Å². The number of rotatable bonds is 9. The maximum absolute atomic E-state index is 3.55. The van der Waals surface area contributed by atoms with Gasteiger partial charge in [-0.25, -0.2) is 0 Å². The Kier molecular flexibility index (Phi) is 6.73. The zero-order valence-corrected chi connectivity index (χ0v) is 14.0. The van der Waals surface area contributed by atoms with Crippen molar-refractivity contribution in [3.8, 4) is 0 Å². The molecule has 1 N–H and O–H groups in total. The zero-order chi connectivity index (χ0) is 14.2. The molecule has 0 bridgehead atoms. The predicted molar refractivity (Wildman–Crippen MR) is 90.8 cm³/mol. The van der Waals surface area contributed by atoms with E-state index in [2.05, 4.69) is 58.4 Å². The van der Waals surface area contributed by atoms with Crippen molar-refractivity contribution in [3.05, 3.63) is 44.8 Å². The molecule has 0 spiro atoms. The quantitative estimate of drug-likeness (QED) is 0.708. The van der Waals surface area contributed by atoms with E-state index in [1.54, 1.807) is 11.3 Å². The van der Waals surface area contributed by atoms with Crippen LogP contribution in [-0.4, -0.2) is 30.6 Å². The molecule has 2 heterocycles. The molecule has 2 aromatic heterocycles. The average molecular weight is 309 g/mol. The molecule has 0 aromatic carbocycles. The van der Waals surface area contributed by atoms with Crippen LogP contribution >= 0.6 is 22.7 Å². The minimum absolute atomic E-state index is 0.593. The van der Waals surface area contributed by atoms with E-state index in [9.17, 15) is 0 Å². The first-order valence-corrected chi connectivity index (χ1v) is 9.06. The van der Waals surface area contributed by atoms with E-state index >= 15 is 0 Å².